The first-order valence-electron chi connectivity index (χ1n) is 7.76. The van der Waals surface area contributed by atoms with Gasteiger partial charge in [-0.3, -0.25) is 4.79 Å². The summed E-state index contributed by atoms with van der Waals surface area (Å²) in [7, 11) is 0. The molecule has 4 aliphatic rings. The Morgan fingerprint density at radius 3 is 2.82 bits per heavy atom. The van der Waals surface area contributed by atoms with E-state index in [2.05, 4.69) is 20.4 Å². The maximum absolute atomic E-state index is 12.1. The SMILES string of the molecule is C=C1C(=O)O[C@H]2[C@H]1[C@H](OC(C)=O)CC(C)=C1C[C@@H]3O[C@@]3(C)[C@@H]12. The van der Waals surface area contributed by atoms with Gasteiger partial charge in [0.15, 0.2) is 0 Å². The van der Waals surface area contributed by atoms with Crippen molar-refractivity contribution in [1.82, 2.24) is 0 Å². The standard InChI is InChI=1S/C17H20O5/c1-7-5-11(20-9(3)18)13-8(2)16(19)21-15(13)14-10(7)6-12-17(14,4)22-12/h11-15H,2,5-6H2,1,3-4H3/t11-,12+,13-,14+,15+,17-/m1/s1. The van der Waals surface area contributed by atoms with Crippen molar-refractivity contribution in [2.45, 2.75) is 57.5 Å². The zero-order chi connectivity index (χ0) is 15.8. The largest absolute Gasteiger partial charge is 0.461 e. The van der Waals surface area contributed by atoms with Crippen molar-refractivity contribution in [1.29, 1.82) is 0 Å². The number of epoxide rings is 1. The third kappa shape index (κ3) is 1.69. The first kappa shape index (κ1) is 14.0. The highest BCUT2D eigenvalue weighted by Gasteiger charge is 2.70. The summed E-state index contributed by atoms with van der Waals surface area (Å²) in [6, 6.07) is 0. The third-order valence-electron chi connectivity index (χ3n) is 5.74. The average Bonchev–Trinajstić information content (AvgIpc) is 2.88. The number of hydrogen-bond acceptors (Lipinski definition) is 5. The minimum absolute atomic E-state index is 0.0475. The Hall–Kier alpha value is -1.62. The Morgan fingerprint density at radius 2 is 2.14 bits per heavy atom. The Labute approximate surface area is 129 Å². The van der Waals surface area contributed by atoms with Gasteiger partial charge in [-0.2, -0.15) is 0 Å². The van der Waals surface area contributed by atoms with Crippen LogP contribution < -0.4 is 0 Å². The molecule has 2 saturated heterocycles. The van der Waals surface area contributed by atoms with Crippen LogP contribution >= 0.6 is 0 Å². The summed E-state index contributed by atoms with van der Waals surface area (Å²) in [5, 5.41) is 0. The molecule has 118 valence electrons. The minimum atomic E-state index is -0.389. The van der Waals surface area contributed by atoms with Gasteiger partial charge in [-0.05, 0) is 20.3 Å². The molecule has 0 amide bonds. The molecule has 0 aromatic rings. The molecule has 5 nitrogen and oxygen atoms in total. The fourth-order valence-electron chi connectivity index (χ4n) is 4.63. The van der Waals surface area contributed by atoms with Crippen LogP contribution in [-0.4, -0.2) is 35.9 Å². The van der Waals surface area contributed by atoms with Crippen molar-refractivity contribution in [3.05, 3.63) is 23.3 Å². The van der Waals surface area contributed by atoms with E-state index in [0.29, 0.717) is 12.0 Å². The summed E-state index contributed by atoms with van der Waals surface area (Å²) in [5.41, 5.74) is 2.70. The minimum Gasteiger partial charge on any atom is -0.461 e. The highest BCUT2D eigenvalue weighted by atomic mass is 16.6. The Bertz CT molecular complexity index is 633. The molecule has 2 aliphatic carbocycles. The maximum atomic E-state index is 12.1. The van der Waals surface area contributed by atoms with E-state index in [-0.39, 0.29) is 47.7 Å². The summed E-state index contributed by atoms with van der Waals surface area (Å²) >= 11 is 0. The van der Waals surface area contributed by atoms with Crippen molar-refractivity contribution in [3.8, 4) is 0 Å². The van der Waals surface area contributed by atoms with Crippen LogP contribution in [0.5, 0.6) is 0 Å². The zero-order valence-corrected chi connectivity index (χ0v) is 13.0. The number of esters is 2. The van der Waals surface area contributed by atoms with E-state index in [1.807, 2.05) is 0 Å². The van der Waals surface area contributed by atoms with Gasteiger partial charge >= 0.3 is 11.9 Å². The van der Waals surface area contributed by atoms with Crippen molar-refractivity contribution < 1.29 is 23.8 Å². The molecule has 3 fully saturated rings. The normalized spacial score (nSPS) is 45.7. The van der Waals surface area contributed by atoms with Gasteiger partial charge in [-0.15, -0.1) is 0 Å². The fraction of sp³-hybridized carbons (Fsp3) is 0.647. The molecule has 0 bridgehead atoms. The van der Waals surface area contributed by atoms with Gasteiger partial charge in [0.1, 0.15) is 17.8 Å². The van der Waals surface area contributed by atoms with Crippen LogP contribution in [0, 0.1) is 11.8 Å². The van der Waals surface area contributed by atoms with Crippen LogP contribution in [-0.2, 0) is 23.8 Å². The van der Waals surface area contributed by atoms with Crippen molar-refractivity contribution in [3.63, 3.8) is 0 Å². The topological polar surface area (TPSA) is 65.1 Å². The molecule has 0 unspecified atom stereocenters. The molecule has 2 heterocycles. The van der Waals surface area contributed by atoms with Crippen LogP contribution in [0.25, 0.3) is 0 Å². The molecular weight excluding hydrogens is 284 g/mol. The Morgan fingerprint density at radius 1 is 1.41 bits per heavy atom. The highest BCUT2D eigenvalue weighted by molar-refractivity contribution is 5.91. The molecule has 0 radical (unpaired) electrons. The Balaban J connectivity index is 1.79. The van der Waals surface area contributed by atoms with Crippen molar-refractivity contribution >= 4 is 11.9 Å². The van der Waals surface area contributed by atoms with E-state index in [9.17, 15) is 9.59 Å². The molecule has 4 rings (SSSR count). The molecule has 6 atom stereocenters. The zero-order valence-electron chi connectivity index (χ0n) is 13.0. The number of fused-ring (bicyclic) bond motifs is 5. The van der Waals surface area contributed by atoms with E-state index in [1.54, 1.807) is 0 Å². The summed E-state index contributed by atoms with van der Waals surface area (Å²) in [5.74, 6) is -0.953. The van der Waals surface area contributed by atoms with Gasteiger partial charge in [0.2, 0.25) is 0 Å². The number of hydrogen-bond donors (Lipinski definition) is 0. The molecule has 2 aliphatic heterocycles. The molecule has 1 saturated carbocycles. The predicted molar refractivity (Wildman–Crippen MR) is 76.8 cm³/mol. The van der Waals surface area contributed by atoms with Gasteiger partial charge in [-0.25, -0.2) is 4.79 Å². The fourth-order valence-corrected chi connectivity index (χ4v) is 4.63. The lowest BCUT2D eigenvalue weighted by Gasteiger charge is -2.29. The van der Waals surface area contributed by atoms with E-state index >= 15 is 0 Å². The molecule has 22 heavy (non-hydrogen) atoms. The summed E-state index contributed by atoms with van der Waals surface area (Å²) in [6.45, 7) is 9.45. The molecule has 0 spiro atoms. The molecular formula is C17H20O5. The molecule has 5 heteroatoms. The third-order valence-corrected chi connectivity index (χ3v) is 5.74. The lowest BCUT2D eigenvalue weighted by Crippen LogP contribution is -2.39. The number of carbonyl (C=O) groups is 2. The summed E-state index contributed by atoms with van der Waals surface area (Å²) in [6.07, 6.45) is 1.01. The Kier molecular flexibility index (Phi) is 2.69. The van der Waals surface area contributed by atoms with Crippen LogP contribution in [0.3, 0.4) is 0 Å². The smallest absolute Gasteiger partial charge is 0.334 e. The van der Waals surface area contributed by atoms with Crippen molar-refractivity contribution in [2.24, 2.45) is 11.8 Å². The number of ether oxygens (including phenoxy) is 3. The van der Waals surface area contributed by atoms with E-state index < -0.39 is 0 Å². The van der Waals surface area contributed by atoms with Gasteiger partial charge in [0.25, 0.3) is 0 Å². The average molecular weight is 304 g/mol. The van der Waals surface area contributed by atoms with E-state index in [0.717, 1.165) is 6.42 Å². The van der Waals surface area contributed by atoms with Crippen LogP contribution in [0.15, 0.2) is 23.3 Å². The predicted octanol–water partition coefficient (Wildman–Crippen LogP) is 1.91. The second-order valence-electron chi connectivity index (χ2n) is 7.05. The van der Waals surface area contributed by atoms with Gasteiger partial charge in [0.05, 0.1) is 12.0 Å². The molecule has 0 aromatic heterocycles. The van der Waals surface area contributed by atoms with Gasteiger partial charge < -0.3 is 14.2 Å². The van der Waals surface area contributed by atoms with Crippen LogP contribution in [0.1, 0.15) is 33.6 Å². The van der Waals surface area contributed by atoms with Gasteiger partial charge in [0, 0.05) is 24.8 Å². The quantitative estimate of drug-likeness (QED) is 0.320. The monoisotopic (exact) mass is 304 g/mol. The second kappa shape index (κ2) is 4.22. The van der Waals surface area contributed by atoms with Gasteiger partial charge in [-0.1, -0.05) is 17.7 Å². The molecule has 0 aromatic carbocycles. The first-order valence-corrected chi connectivity index (χ1v) is 7.76. The maximum Gasteiger partial charge on any atom is 0.334 e. The lowest BCUT2D eigenvalue weighted by molar-refractivity contribution is -0.150. The second-order valence-corrected chi connectivity index (χ2v) is 7.05. The molecule has 0 N–H and O–H groups in total. The first-order chi connectivity index (χ1) is 10.3. The van der Waals surface area contributed by atoms with E-state index in [1.165, 1.54) is 18.1 Å². The van der Waals surface area contributed by atoms with Crippen LogP contribution in [0.2, 0.25) is 0 Å². The summed E-state index contributed by atoms with van der Waals surface area (Å²) in [4.78, 5) is 23.5. The number of rotatable bonds is 1. The summed E-state index contributed by atoms with van der Waals surface area (Å²) < 4.78 is 17.0. The highest BCUT2D eigenvalue weighted by Crippen LogP contribution is 2.62. The van der Waals surface area contributed by atoms with Crippen molar-refractivity contribution in [2.75, 3.05) is 0 Å². The van der Waals surface area contributed by atoms with E-state index in [4.69, 9.17) is 14.2 Å². The number of carbonyl (C=O) groups excluding carboxylic acids is 2. The van der Waals surface area contributed by atoms with Crippen LogP contribution in [0.4, 0.5) is 0 Å². The lowest BCUT2D eigenvalue weighted by atomic mass is 9.80.